The van der Waals surface area contributed by atoms with Crippen LogP contribution in [0.1, 0.15) is 32.6 Å². The Labute approximate surface area is 126 Å². The van der Waals surface area contributed by atoms with Crippen LogP contribution in [0.4, 0.5) is 16.2 Å². The van der Waals surface area contributed by atoms with Crippen LogP contribution >= 0.6 is 0 Å². The number of methoxy groups -OCH3 is 1. The zero-order valence-corrected chi connectivity index (χ0v) is 12.7. The zero-order chi connectivity index (χ0) is 15.1. The van der Waals surface area contributed by atoms with Gasteiger partial charge in [0.05, 0.1) is 13.2 Å². The fourth-order valence-corrected chi connectivity index (χ4v) is 2.63. The first-order chi connectivity index (χ1) is 10.2. The van der Waals surface area contributed by atoms with E-state index in [9.17, 15) is 4.79 Å². The van der Waals surface area contributed by atoms with Gasteiger partial charge in [0.15, 0.2) is 0 Å². The molecule has 0 radical (unpaired) electrons. The summed E-state index contributed by atoms with van der Waals surface area (Å²) in [6, 6.07) is 8.10. The van der Waals surface area contributed by atoms with Crippen molar-refractivity contribution in [1.29, 1.82) is 0 Å². The van der Waals surface area contributed by atoms with Crippen LogP contribution in [0.3, 0.4) is 0 Å². The van der Waals surface area contributed by atoms with Crippen molar-refractivity contribution in [2.75, 3.05) is 24.4 Å². The minimum Gasteiger partial charge on any atom is -0.453 e. The second-order valence-electron chi connectivity index (χ2n) is 5.34. The van der Waals surface area contributed by atoms with Gasteiger partial charge >= 0.3 is 6.09 Å². The molecule has 1 heterocycles. The summed E-state index contributed by atoms with van der Waals surface area (Å²) in [6.45, 7) is 2.99. The van der Waals surface area contributed by atoms with Gasteiger partial charge in [0, 0.05) is 24.0 Å². The fourth-order valence-electron chi connectivity index (χ4n) is 2.63. The number of anilines is 2. The van der Waals surface area contributed by atoms with Crippen molar-refractivity contribution in [1.82, 2.24) is 0 Å². The van der Waals surface area contributed by atoms with Crippen LogP contribution in [-0.4, -0.2) is 32.0 Å². The molecule has 5 heteroatoms. The number of rotatable bonds is 5. The minimum absolute atomic E-state index is 0.359. The molecule has 0 aromatic heterocycles. The van der Waals surface area contributed by atoms with Gasteiger partial charge < -0.3 is 14.8 Å². The van der Waals surface area contributed by atoms with E-state index in [4.69, 9.17) is 4.74 Å². The van der Waals surface area contributed by atoms with Crippen molar-refractivity contribution in [3.8, 4) is 0 Å². The Balaban J connectivity index is 1.92. The van der Waals surface area contributed by atoms with Crippen molar-refractivity contribution >= 4 is 17.5 Å². The van der Waals surface area contributed by atoms with Crippen molar-refractivity contribution in [2.45, 2.75) is 44.8 Å². The molecule has 21 heavy (non-hydrogen) atoms. The van der Waals surface area contributed by atoms with E-state index in [2.05, 4.69) is 22.3 Å². The van der Waals surface area contributed by atoms with Gasteiger partial charge in [-0.25, -0.2) is 4.79 Å². The number of carbonyl (C=O) groups excluding carboxylic acids is 1. The summed E-state index contributed by atoms with van der Waals surface area (Å²) >= 11 is 0. The number of hydrogen-bond acceptors (Lipinski definition) is 4. The largest absolute Gasteiger partial charge is 0.453 e. The third-order valence-corrected chi connectivity index (χ3v) is 3.64. The predicted molar refractivity (Wildman–Crippen MR) is 83.8 cm³/mol. The smallest absolute Gasteiger partial charge is 0.411 e. The van der Waals surface area contributed by atoms with Gasteiger partial charge in [0.2, 0.25) is 0 Å². The van der Waals surface area contributed by atoms with E-state index >= 15 is 0 Å². The average molecular weight is 292 g/mol. The fraction of sp³-hybridized carbons (Fsp3) is 0.562. The van der Waals surface area contributed by atoms with Crippen LogP contribution in [0.5, 0.6) is 0 Å². The summed E-state index contributed by atoms with van der Waals surface area (Å²) in [5.41, 5.74) is 1.73. The summed E-state index contributed by atoms with van der Waals surface area (Å²) < 4.78 is 10.4. The van der Waals surface area contributed by atoms with Crippen LogP contribution in [0, 0.1) is 0 Å². The normalized spacial score (nSPS) is 21.6. The van der Waals surface area contributed by atoms with E-state index in [-0.39, 0.29) is 0 Å². The topological polar surface area (TPSA) is 59.6 Å². The first-order valence-electron chi connectivity index (χ1n) is 7.54. The predicted octanol–water partition coefficient (Wildman–Crippen LogP) is 3.62. The average Bonchev–Trinajstić information content (AvgIpc) is 2.48. The summed E-state index contributed by atoms with van der Waals surface area (Å²) in [5, 5.41) is 6.20. The molecule has 1 amide bonds. The first-order valence-corrected chi connectivity index (χ1v) is 7.54. The highest BCUT2D eigenvalue weighted by Gasteiger charge is 2.21. The molecule has 2 N–H and O–H groups in total. The molecule has 0 bridgehead atoms. The van der Waals surface area contributed by atoms with E-state index in [1.54, 1.807) is 0 Å². The lowest BCUT2D eigenvalue weighted by atomic mass is 10.00. The molecule has 0 saturated carbocycles. The van der Waals surface area contributed by atoms with E-state index in [1.165, 1.54) is 7.11 Å². The Hall–Kier alpha value is -1.75. The third kappa shape index (κ3) is 4.93. The van der Waals surface area contributed by atoms with E-state index in [0.29, 0.717) is 12.1 Å². The first kappa shape index (κ1) is 15.6. The van der Waals surface area contributed by atoms with Crippen LogP contribution in [-0.2, 0) is 9.47 Å². The summed E-state index contributed by atoms with van der Waals surface area (Å²) in [5.74, 6) is 0. The Bertz CT molecular complexity index is 463. The minimum atomic E-state index is -0.457. The molecule has 2 atom stereocenters. The molecule has 5 nitrogen and oxygen atoms in total. The van der Waals surface area contributed by atoms with E-state index in [0.717, 1.165) is 43.7 Å². The van der Waals surface area contributed by atoms with Crippen LogP contribution < -0.4 is 10.6 Å². The SMILES string of the molecule is CCCC1CC(Nc2cccc(NC(=O)OC)c2)CCO1. The van der Waals surface area contributed by atoms with Gasteiger partial charge in [0.25, 0.3) is 0 Å². The van der Waals surface area contributed by atoms with Gasteiger partial charge in [-0.2, -0.15) is 0 Å². The lowest BCUT2D eigenvalue weighted by molar-refractivity contribution is 0.00598. The van der Waals surface area contributed by atoms with Gasteiger partial charge in [-0.15, -0.1) is 0 Å². The number of amides is 1. The van der Waals surface area contributed by atoms with Gasteiger partial charge in [-0.05, 0) is 37.5 Å². The number of ether oxygens (including phenoxy) is 2. The Morgan fingerprint density at radius 2 is 2.24 bits per heavy atom. The summed E-state index contributed by atoms with van der Waals surface area (Å²) in [4.78, 5) is 11.2. The summed E-state index contributed by atoms with van der Waals surface area (Å²) in [7, 11) is 1.35. The van der Waals surface area contributed by atoms with Crippen molar-refractivity contribution in [3.63, 3.8) is 0 Å². The molecule has 1 fully saturated rings. The number of hydrogen-bond donors (Lipinski definition) is 2. The second kappa shape index (κ2) is 7.88. The van der Waals surface area contributed by atoms with Gasteiger partial charge in [0.1, 0.15) is 0 Å². The van der Waals surface area contributed by atoms with Crippen molar-refractivity contribution in [3.05, 3.63) is 24.3 Å². The highest BCUT2D eigenvalue weighted by Crippen LogP contribution is 2.23. The monoisotopic (exact) mass is 292 g/mol. The molecule has 1 aromatic rings. The summed E-state index contributed by atoms with van der Waals surface area (Å²) in [6.07, 6.45) is 4.20. The number of carbonyl (C=O) groups is 1. The lowest BCUT2D eigenvalue weighted by Gasteiger charge is -2.30. The highest BCUT2D eigenvalue weighted by atomic mass is 16.5. The molecule has 1 aliphatic rings. The van der Waals surface area contributed by atoms with E-state index in [1.807, 2.05) is 24.3 Å². The Morgan fingerprint density at radius 3 is 3.00 bits per heavy atom. The molecular weight excluding hydrogens is 268 g/mol. The molecular formula is C16H24N2O3. The molecule has 1 saturated heterocycles. The highest BCUT2D eigenvalue weighted by molar-refractivity contribution is 5.85. The molecule has 2 unspecified atom stereocenters. The molecule has 1 aliphatic heterocycles. The lowest BCUT2D eigenvalue weighted by Crippen LogP contribution is -2.34. The Morgan fingerprint density at radius 1 is 1.43 bits per heavy atom. The molecule has 0 spiro atoms. The third-order valence-electron chi connectivity index (χ3n) is 3.64. The molecule has 116 valence electrons. The van der Waals surface area contributed by atoms with Gasteiger partial charge in [-0.1, -0.05) is 19.4 Å². The van der Waals surface area contributed by atoms with Crippen LogP contribution in [0.15, 0.2) is 24.3 Å². The van der Waals surface area contributed by atoms with Crippen molar-refractivity contribution in [2.24, 2.45) is 0 Å². The Kier molecular flexibility index (Phi) is 5.87. The maximum atomic E-state index is 11.2. The zero-order valence-electron chi connectivity index (χ0n) is 12.7. The number of nitrogens with one attached hydrogen (secondary N) is 2. The quantitative estimate of drug-likeness (QED) is 0.870. The molecule has 0 aliphatic carbocycles. The van der Waals surface area contributed by atoms with Crippen LogP contribution in [0.25, 0.3) is 0 Å². The second-order valence-corrected chi connectivity index (χ2v) is 5.34. The van der Waals surface area contributed by atoms with Gasteiger partial charge in [-0.3, -0.25) is 5.32 Å². The maximum absolute atomic E-state index is 11.2. The standard InChI is InChI=1S/C16H24N2O3/c1-3-5-15-11-14(8-9-21-15)17-12-6-4-7-13(10-12)18-16(19)20-2/h4,6-7,10,14-15,17H,3,5,8-9,11H2,1-2H3,(H,18,19). The number of benzene rings is 1. The van der Waals surface area contributed by atoms with Crippen molar-refractivity contribution < 1.29 is 14.3 Å². The molecule has 2 rings (SSSR count). The maximum Gasteiger partial charge on any atom is 0.411 e. The van der Waals surface area contributed by atoms with E-state index < -0.39 is 6.09 Å². The van der Waals surface area contributed by atoms with Crippen LogP contribution in [0.2, 0.25) is 0 Å². The molecule has 1 aromatic carbocycles.